The van der Waals surface area contributed by atoms with E-state index in [9.17, 15) is 35.2 Å². The van der Waals surface area contributed by atoms with Crippen LogP contribution in [-0.4, -0.2) is 43.3 Å². The van der Waals surface area contributed by atoms with Crippen molar-refractivity contribution in [1.82, 2.24) is 9.97 Å². The van der Waals surface area contributed by atoms with Crippen LogP contribution >= 0.6 is 0 Å². The molecular weight excluding hydrogens is 461 g/mol. The third-order valence-corrected chi connectivity index (χ3v) is 6.32. The first kappa shape index (κ1) is 22.3. The quantitative estimate of drug-likeness (QED) is 0.654. The van der Waals surface area contributed by atoms with Gasteiger partial charge in [-0.1, -0.05) is 0 Å². The molecule has 14 heteroatoms. The number of primary sulfonamides is 1. The molecule has 3 N–H and O–H groups in total. The van der Waals surface area contributed by atoms with E-state index in [-0.39, 0.29) is 31.0 Å². The number of fused-ring (bicyclic) bond motifs is 1. The molecule has 1 saturated carbocycles. The van der Waals surface area contributed by atoms with E-state index in [1.807, 2.05) is 0 Å². The number of nitrogens with zero attached hydrogens (tertiary/aromatic N) is 3. The molecule has 32 heavy (non-hydrogen) atoms. The Labute approximate surface area is 178 Å². The molecule has 1 saturated heterocycles. The summed E-state index contributed by atoms with van der Waals surface area (Å²) in [5.41, 5.74) is -1.78. The summed E-state index contributed by atoms with van der Waals surface area (Å²) in [5.74, 6) is -5.77. The number of nitrogens with one attached hydrogen (secondary N) is 1. The first-order valence-corrected chi connectivity index (χ1v) is 10.8. The average Bonchev–Trinajstić information content (AvgIpc) is 3.26. The summed E-state index contributed by atoms with van der Waals surface area (Å²) >= 11 is 0. The predicted octanol–water partition coefficient (Wildman–Crippen LogP) is 2.49. The molecule has 1 amide bonds. The Balaban J connectivity index is 1.67. The summed E-state index contributed by atoms with van der Waals surface area (Å²) in [4.78, 5) is 21.5. The number of piperidine rings is 1. The van der Waals surface area contributed by atoms with Gasteiger partial charge in [0, 0.05) is 49.1 Å². The average molecular weight is 477 g/mol. The van der Waals surface area contributed by atoms with Gasteiger partial charge in [0.2, 0.25) is 0 Å². The molecule has 3 heterocycles. The number of nitrogens with two attached hydrogens (primary N) is 1. The summed E-state index contributed by atoms with van der Waals surface area (Å²) in [6.07, 6.45) is -3.10. The van der Waals surface area contributed by atoms with Crippen molar-refractivity contribution in [2.24, 2.45) is 17.0 Å². The number of halogens is 5. The summed E-state index contributed by atoms with van der Waals surface area (Å²) < 4.78 is 90.0. The second-order valence-corrected chi connectivity index (χ2v) is 9.11. The van der Waals surface area contributed by atoms with E-state index in [1.165, 1.54) is 11.0 Å². The molecule has 0 spiro atoms. The number of sulfonamides is 1. The second kappa shape index (κ2) is 7.33. The highest BCUT2D eigenvalue weighted by Gasteiger charge is 2.69. The molecule has 172 valence electrons. The number of carbonyl (C=O) groups excluding carboxylic acids is 1. The van der Waals surface area contributed by atoms with Crippen LogP contribution in [0.2, 0.25) is 0 Å². The van der Waals surface area contributed by atoms with Gasteiger partial charge < -0.3 is 10.2 Å². The first-order valence-electron chi connectivity index (χ1n) is 9.28. The van der Waals surface area contributed by atoms with Crippen molar-refractivity contribution in [2.75, 3.05) is 23.3 Å². The monoisotopic (exact) mass is 477 g/mol. The first-order chi connectivity index (χ1) is 14.8. The van der Waals surface area contributed by atoms with Crippen molar-refractivity contribution in [3.8, 4) is 0 Å². The number of alkyl halides is 5. The van der Waals surface area contributed by atoms with Crippen LogP contribution in [-0.2, 0) is 16.2 Å². The number of rotatable bonds is 4. The van der Waals surface area contributed by atoms with Gasteiger partial charge in [0.05, 0.1) is 11.1 Å². The molecule has 2 unspecified atom stereocenters. The number of anilines is 2. The predicted molar refractivity (Wildman–Crippen MR) is 102 cm³/mol. The minimum absolute atomic E-state index is 0.0928. The largest absolute Gasteiger partial charge is 0.417 e. The lowest BCUT2D eigenvalue weighted by Crippen LogP contribution is -2.34. The lowest BCUT2D eigenvalue weighted by molar-refractivity contribution is -0.137. The molecule has 0 radical (unpaired) electrons. The van der Waals surface area contributed by atoms with E-state index in [1.54, 1.807) is 0 Å². The van der Waals surface area contributed by atoms with Gasteiger partial charge in [-0.3, -0.25) is 4.79 Å². The molecule has 0 aromatic carbocycles. The van der Waals surface area contributed by atoms with E-state index in [0.29, 0.717) is 12.3 Å². The van der Waals surface area contributed by atoms with Gasteiger partial charge in [0.15, 0.2) is 5.03 Å². The third-order valence-electron chi connectivity index (χ3n) is 5.51. The van der Waals surface area contributed by atoms with E-state index in [4.69, 9.17) is 5.14 Å². The smallest absolute Gasteiger partial charge is 0.355 e. The molecule has 4 rings (SSSR count). The molecule has 2 aliphatic rings. The molecule has 2 aromatic rings. The highest BCUT2D eigenvalue weighted by molar-refractivity contribution is 7.89. The maximum absolute atomic E-state index is 13.8. The second-order valence-electron chi connectivity index (χ2n) is 7.60. The summed E-state index contributed by atoms with van der Waals surface area (Å²) in [7, 11) is -4.19. The van der Waals surface area contributed by atoms with Gasteiger partial charge in [-0.25, -0.2) is 32.3 Å². The Morgan fingerprint density at radius 1 is 1.22 bits per heavy atom. The minimum Gasteiger partial charge on any atom is -0.355 e. The highest BCUT2D eigenvalue weighted by atomic mass is 32.2. The van der Waals surface area contributed by atoms with Crippen molar-refractivity contribution in [3.63, 3.8) is 0 Å². The number of pyridine rings is 2. The number of carbonyl (C=O) groups is 1. The van der Waals surface area contributed by atoms with Crippen LogP contribution in [0, 0.1) is 11.8 Å². The topological polar surface area (TPSA) is 118 Å². The maximum atomic E-state index is 13.8. The number of amides is 1. The fourth-order valence-electron chi connectivity index (χ4n) is 3.79. The van der Waals surface area contributed by atoms with Crippen molar-refractivity contribution < 1.29 is 35.2 Å². The molecular formula is C18H16F5N5O3S. The lowest BCUT2D eigenvalue weighted by atomic mass is 10.1. The molecule has 0 bridgehead atoms. The Kier molecular flexibility index (Phi) is 5.12. The third kappa shape index (κ3) is 4.11. The van der Waals surface area contributed by atoms with Crippen molar-refractivity contribution in [2.45, 2.75) is 23.5 Å². The maximum Gasteiger partial charge on any atom is 0.417 e. The van der Waals surface area contributed by atoms with Crippen molar-refractivity contribution in [3.05, 3.63) is 41.7 Å². The van der Waals surface area contributed by atoms with Crippen LogP contribution in [0.25, 0.3) is 0 Å². The Hall–Kier alpha value is -2.87. The van der Waals surface area contributed by atoms with Gasteiger partial charge in [-0.15, -0.1) is 0 Å². The van der Waals surface area contributed by atoms with E-state index in [2.05, 4.69) is 15.3 Å². The molecule has 2 aromatic heterocycles. The van der Waals surface area contributed by atoms with Gasteiger partial charge in [0.1, 0.15) is 5.82 Å². The minimum atomic E-state index is -4.80. The molecule has 8 nitrogen and oxygen atoms in total. The zero-order valence-electron chi connectivity index (χ0n) is 16.1. The fraction of sp³-hybridized carbons (Fsp3) is 0.389. The summed E-state index contributed by atoms with van der Waals surface area (Å²) in [6.45, 7) is -0.0542. The standard InChI is InChI=1S/C18H16F5N5O3S/c19-17(20)12-2-4-28(8-13(12)17)15-11(5-9(7-26-15)18(21,22)23)16(29)27-10-1-3-25-14(6-10)32(24,30)31/h1,3,5-7,12-13H,2,4,8H2,(H2,24,30,31)(H,25,27,29). The zero-order valence-corrected chi connectivity index (χ0v) is 16.9. The molecule has 1 aliphatic heterocycles. The Bertz CT molecular complexity index is 1190. The van der Waals surface area contributed by atoms with Gasteiger partial charge >= 0.3 is 6.18 Å². The zero-order chi connectivity index (χ0) is 23.5. The SMILES string of the molecule is NS(=O)(=O)c1cc(NC(=O)c2cc(C(F)(F)F)cnc2N2CCC3C(C2)C3(F)F)ccn1. The summed E-state index contributed by atoms with van der Waals surface area (Å²) in [5, 5.41) is 6.72. The van der Waals surface area contributed by atoms with Crippen LogP contribution < -0.4 is 15.4 Å². The Morgan fingerprint density at radius 2 is 1.94 bits per heavy atom. The van der Waals surface area contributed by atoms with Crippen LogP contribution in [0.5, 0.6) is 0 Å². The van der Waals surface area contributed by atoms with E-state index in [0.717, 1.165) is 12.3 Å². The van der Waals surface area contributed by atoms with Crippen LogP contribution in [0.4, 0.5) is 33.5 Å². The fourth-order valence-corrected chi connectivity index (χ4v) is 4.29. The number of aromatic nitrogens is 2. The van der Waals surface area contributed by atoms with Crippen LogP contribution in [0.3, 0.4) is 0 Å². The van der Waals surface area contributed by atoms with E-state index >= 15 is 0 Å². The summed E-state index contributed by atoms with van der Waals surface area (Å²) in [6, 6.07) is 2.73. The molecule has 2 atom stereocenters. The molecule has 2 fully saturated rings. The van der Waals surface area contributed by atoms with E-state index < -0.39 is 56.0 Å². The number of hydrogen-bond donors (Lipinski definition) is 2. The Morgan fingerprint density at radius 3 is 2.56 bits per heavy atom. The number of hydrogen-bond acceptors (Lipinski definition) is 6. The highest BCUT2D eigenvalue weighted by Crippen LogP contribution is 2.59. The van der Waals surface area contributed by atoms with Crippen LogP contribution in [0.1, 0.15) is 22.3 Å². The van der Waals surface area contributed by atoms with Gasteiger partial charge in [-0.05, 0) is 18.6 Å². The lowest BCUT2D eigenvalue weighted by Gasteiger charge is -2.28. The normalized spacial score (nSPS) is 22.2. The van der Waals surface area contributed by atoms with Gasteiger partial charge in [0.25, 0.3) is 21.9 Å². The molecule has 1 aliphatic carbocycles. The van der Waals surface area contributed by atoms with Crippen molar-refractivity contribution >= 4 is 27.4 Å². The van der Waals surface area contributed by atoms with Gasteiger partial charge in [-0.2, -0.15) is 13.2 Å². The van der Waals surface area contributed by atoms with Crippen LogP contribution in [0.15, 0.2) is 35.6 Å². The van der Waals surface area contributed by atoms with Crippen molar-refractivity contribution in [1.29, 1.82) is 0 Å².